The van der Waals surface area contributed by atoms with Gasteiger partial charge in [-0.2, -0.15) is 13.2 Å². The lowest BCUT2D eigenvalue weighted by atomic mass is 10.1. The van der Waals surface area contributed by atoms with Crippen molar-refractivity contribution in [2.45, 2.75) is 12.6 Å². The van der Waals surface area contributed by atoms with Gasteiger partial charge in [0.2, 0.25) is 17.7 Å². The van der Waals surface area contributed by atoms with Crippen molar-refractivity contribution in [3.8, 4) is 0 Å². The molecule has 3 amide bonds. The number of hydrogen-bond donors (Lipinski definition) is 1. The second kappa shape index (κ2) is 7.54. The molecule has 0 radical (unpaired) electrons. The highest BCUT2D eigenvalue weighted by Gasteiger charge is 2.41. The van der Waals surface area contributed by atoms with E-state index in [0.717, 1.165) is 4.90 Å². The zero-order chi connectivity index (χ0) is 18.6. The van der Waals surface area contributed by atoms with Gasteiger partial charge in [0, 0.05) is 25.7 Å². The SMILES string of the molecule is CN(CC(=O)Nc1ccccc1)C(=O)C1CC(=O)N(CC(F)(F)F)C1. The molecule has 6 nitrogen and oxygen atoms in total. The third kappa shape index (κ3) is 5.47. The number of rotatable bonds is 5. The number of nitrogens with zero attached hydrogens (tertiary/aromatic N) is 2. The van der Waals surface area contributed by atoms with Crippen LogP contribution in [0.1, 0.15) is 6.42 Å². The predicted octanol–water partition coefficient (Wildman–Crippen LogP) is 1.49. The number of anilines is 1. The van der Waals surface area contributed by atoms with Crippen LogP contribution in [-0.2, 0) is 14.4 Å². The summed E-state index contributed by atoms with van der Waals surface area (Å²) in [4.78, 5) is 37.6. The molecule has 25 heavy (non-hydrogen) atoms. The first-order valence-electron chi connectivity index (χ1n) is 7.60. The Morgan fingerprint density at radius 2 is 1.92 bits per heavy atom. The minimum atomic E-state index is -4.50. The lowest BCUT2D eigenvalue weighted by molar-refractivity contribution is -0.157. The summed E-state index contributed by atoms with van der Waals surface area (Å²) in [6.45, 7) is -1.91. The van der Waals surface area contributed by atoms with Crippen molar-refractivity contribution < 1.29 is 27.6 Å². The molecule has 136 valence electrons. The molecule has 9 heteroatoms. The van der Waals surface area contributed by atoms with Gasteiger partial charge in [0.15, 0.2) is 0 Å². The van der Waals surface area contributed by atoms with Crippen molar-refractivity contribution in [3.63, 3.8) is 0 Å². The minimum Gasteiger partial charge on any atom is -0.336 e. The molecule has 1 heterocycles. The quantitative estimate of drug-likeness (QED) is 0.868. The number of para-hydroxylation sites is 1. The number of likely N-dealkylation sites (tertiary alicyclic amines) is 1. The fraction of sp³-hybridized carbons (Fsp3) is 0.438. The Morgan fingerprint density at radius 1 is 1.28 bits per heavy atom. The van der Waals surface area contributed by atoms with Gasteiger partial charge in [-0.3, -0.25) is 14.4 Å². The molecule has 1 aromatic rings. The minimum absolute atomic E-state index is 0.252. The number of benzene rings is 1. The number of nitrogens with one attached hydrogen (secondary N) is 1. The van der Waals surface area contributed by atoms with Gasteiger partial charge in [0.25, 0.3) is 0 Å². The number of carbonyl (C=O) groups excluding carboxylic acids is 3. The van der Waals surface area contributed by atoms with Crippen molar-refractivity contribution in [2.75, 3.05) is 32.0 Å². The number of amides is 3. The van der Waals surface area contributed by atoms with E-state index in [1.165, 1.54) is 7.05 Å². The summed E-state index contributed by atoms with van der Waals surface area (Å²) >= 11 is 0. The van der Waals surface area contributed by atoms with Crippen molar-refractivity contribution in [1.29, 1.82) is 0 Å². The van der Waals surface area contributed by atoms with Crippen LogP contribution in [0.2, 0.25) is 0 Å². The lowest BCUT2D eigenvalue weighted by Gasteiger charge is -2.21. The molecular weight excluding hydrogens is 339 g/mol. The molecule has 1 aliphatic rings. The standard InChI is InChI=1S/C16H18F3N3O3/c1-21(9-13(23)20-12-5-3-2-4-6-12)15(25)11-7-14(24)22(8-11)10-16(17,18)19/h2-6,11H,7-10H2,1H3,(H,20,23). The lowest BCUT2D eigenvalue weighted by Crippen LogP contribution is -2.40. The van der Waals surface area contributed by atoms with Crippen molar-refractivity contribution in [3.05, 3.63) is 30.3 Å². The number of carbonyl (C=O) groups is 3. The van der Waals surface area contributed by atoms with E-state index in [1.54, 1.807) is 30.3 Å². The molecule has 0 aliphatic carbocycles. The van der Waals surface area contributed by atoms with Gasteiger partial charge in [0.05, 0.1) is 12.5 Å². The van der Waals surface area contributed by atoms with Crippen LogP contribution < -0.4 is 5.32 Å². The molecule has 0 saturated carbocycles. The second-order valence-corrected chi connectivity index (χ2v) is 5.90. The van der Waals surface area contributed by atoms with E-state index in [2.05, 4.69) is 5.32 Å². The highest BCUT2D eigenvalue weighted by molar-refractivity contribution is 5.96. The van der Waals surface area contributed by atoms with Crippen LogP contribution in [0.5, 0.6) is 0 Å². The second-order valence-electron chi connectivity index (χ2n) is 5.90. The topological polar surface area (TPSA) is 69.7 Å². The number of halogens is 3. The molecule has 1 atom stereocenters. The van der Waals surface area contributed by atoms with Crippen molar-refractivity contribution in [1.82, 2.24) is 9.80 Å². The van der Waals surface area contributed by atoms with Gasteiger partial charge in [0.1, 0.15) is 6.54 Å². The Labute approximate surface area is 142 Å². The highest BCUT2D eigenvalue weighted by atomic mass is 19.4. The van der Waals surface area contributed by atoms with Gasteiger partial charge in [-0.1, -0.05) is 18.2 Å². The zero-order valence-electron chi connectivity index (χ0n) is 13.5. The first-order chi connectivity index (χ1) is 11.7. The smallest absolute Gasteiger partial charge is 0.336 e. The van der Waals surface area contributed by atoms with Crippen molar-refractivity contribution >= 4 is 23.4 Å². The van der Waals surface area contributed by atoms with E-state index in [-0.39, 0.29) is 19.5 Å². The summed E-state index contributed by atoms with van der Waals surface area (Å²) in [5.74, 6) is -2.54. The molecule has 1 aromatic carbocycles. The van der Waals surface area contributed by atoms with E-state index < -0.39 is 36.4 Å². The average molecular weight is 357 g/mol. The fourth-order valence-corrected chi connectivity index (χ4v) is 2.63. The molecule has 0 bridgehead atoms. The number of hydrogen-bond acceptors (Lipinski definition) is 3. The summed E-state index contributed by atoms with van der Waals surface area (Å²) < 4.78 is 37.2. The van der Waals surface area contributed by atoms with Gasteiger partial charge in [-0.25, -0.2) is 0 Å². The zero-order valence-corrected chi connectivity index (χ0v) is 13.5. The van der Waals surface area contributed by atoms with E-state index in [1.807, 2.05) is 0 Å². The maximum atomic E-state index is 12.4. The van der Waals surface area contributed by atoms with Crippen LogP contribution in [0.3, 0.4) is 0 Å². The van der Waals surface area contributed by atoms with Gasteiger partial charge in [-0.15, -0.1) is 0 Å². The van der Waals surface area contributed by atoms with E-state index >= 15 is 0 Å². The van der Waals surface area contributed by atoms with Crippen LogP contribution >= 0.6 is 0 Å². The van der Waals surface area contributed by atoms with Crippen LogP contribution in [0.4, 0.5) is 18.9 Å². The predicted molar refractivity (Wildman–Crippen MR) is 83.5 cm³/mol. The highest BCUT2D eigenvalue weighted by Crippen LogP contribution is 2.24. The van der Waals surface area contributed by atoms with Crippen LogP contribution in [0.15, 0.2) is 30.3 Å². The van der Waals surface area contributed by atoms with E-state index in [4.69, 9.17) is 0 Å². The third-order valence-electron chi connectivity index (χ3n) is 3.75. The summed E-state index contributed by atoms with van der Waals surface area (Å²) in [7, 11) is 1.38. The van der Waals surface area contributed by atoms with Crippen LogP contribution in [0.25, 0.3) is 0 Å². The maximum Gasteiger partial charge on any atom is 0.406 e. The maximum absolute atomic E-state index is 12.4. The molecule has 0 spiro atoms. The molecule has 1 N–H and O–H groups in total. The molecule has 1 unspecified atom stereocenters. The summed E-state index contributed by atoms with van der Waals surface area (Å²) in [5, 5.41) is 2.61. The monoisotopic (exact) mass is 357 g/mol. The largest absolute Gasteiger partial charge is 0.406 e. The molecule has 1 saturated heterocycles. The number of likely N-dealkylation sites (N-methyl/N-ethyl adjacent to an activating group) is 1. The number of alkyl halides is 3. The molecule has 2 rings (SSSR count). The summed E-state index contributed by atoms with van der Waals surface area (Å²) in [6.07, 6.45) is -4.78. The Morgan fingerprint density at radius 3 is 2.52 bits per heavy atom. The molecule has 1 fully saturated rings. The van der Waals surface area contributed by atoms with Crippen molar-refractivity contribution in [2.24, 2.45) is 5.92 Å². The molecule has 0 aromatic heterocycles. The Kier molecular flexibility index (Phi) is 5.66. The first kappa shape index (κ1) is 18.8. The van der Waals surface area contributed by atoms with Crippen LogP contribution in [-0.4, -0.2) is 60.4 Å². The third-order valence-corrected chi connectivity index (χ3v) is 3.75. The van der Waals surface area contributed by atoms with E-state index in [9.17, 15) is 27.6 Å². The molecular formula is C16H18F3N3O3. The Bertz CT molecular complexity index is 649. The van der Waals surface area contributed by atoms with Crippen LogP contribution in [0, 0.1) is 5.92 Å². The Balaban J connectivity index is 1.87. The van der Waals surface area contributed by atoms with Gasteiger partial charge >= 0.3 is 6.18 Å². The summed E-state index contributed by atoms with van der Waals surface area (Å²) in [6, 6.07) is 8.64. The normalized spacial score (nSPS) is 17.5. The first-order valence-corrected chi connectivity index (χ1v) is 7.60. The Hall–Kier alpha value is -2.58. The fourth-order valence-electron chi connectivity index (χ4n) is 2.63. The van der Waals surface area contributed by atoms with Gasteiger partial charge in [-0.05, 0) is 12.1 Å². The van der Waals surface area contributed by atoms with E-state index in [0.29, 0.717) is 10.6 Å². The molecule has 1 aliphatic heterocycles. The average Bonchev–Trinajstić information content (AvgIpc) is 2.86. The van der Waals surface area contributed by atoms with Gasteiger partial charge < -0.3 is 15.1 Å². The summed E-state index contributed by atoms with van der Waals surface area (Å²) in [5.41, 5.74) is 0.570.